The van der Waals surface area contributed by atoms with Crippen LogP contribution in [0.25, 0.3) is 11.4 Å². The summed E-state index contributed by atoms with van der Waals surface area (Å²) >= 11 is 0. The number of rotatable bonds is 7. The van der Waals surface area contributed by atoms with Crippen molar-refractivity contribution >= 4 is 21.6 Å². The summed E-state index contributed by atoms with van der Waals surface area (Å²) in [4.78, 5) is 16.3. The monoisotopic (exact) mass is 406 g/mol. The smallest absolute Gasteiger partial charge is 0.243 e. The molecule has 1 unspecified atom stereocenters. The van der Waals surface area contributed by atoms with Gasteiger partial charge in [0.25, 0.3) is 0 Å². The Morgan fingerprint density at radius 3 is 2.68 bits per heavy atom. The van der Waals surface area contributed by atoms with E-state index >= 15 is 0 Å². The molecule has 0 saturated carbocycles. The van der Waals surface area contributed by atoms with Crippen LogP contribution in [-0.2, 0) is 20.4 Å². The molecule has 0 aliphatic rings. The number of hydrogen-bond acceptors (Lipinski definition) is 9. The molecule has 28 heavy (non-hydrogen) atoms. The molecule has 1 N–H and O–H groups in total. The molecule has 0 aliphatic heterocycles. The van der Waals surface area contributed by atoms with Crippen LogP contribution in [0.5, 0.6) is 5.75 Å². The number of hydrogen-bond donors (Lipinski definition) is 1. The van der Waals surface area contributed by atoms with Gasteiger partial charge in [0, 0.05) is 6.07 Å². The number of methoxy groups -OCH3 is 1. The van der Waals surface area contributed by atoms with Gasteiger partial charge in [-0.1, -0.05) is 22.4 Å². The summed E-state index contributed by atoms with van der Waals surface area (Å²) < 4.78 is 40.2. The molecule has 1 atom stereocenters. The molecule has 148 valence electrons. The third kappa shape index (κ3) is 4.19. The lowest BCUT2D eigenvalue weighted by Crippen LogP contribution is -2.33. The van der Waals surface area contributed by atoms with Crippen molar-refractivity contribution in [3.8, 4) is 17.1 Å². The Balaban J connectivity index is 1.73. The van der Waals surface area contributed by atoms with Crippen LogP contribution in [0.3, 0.4) is 0 Å². The van der Waals surface area contributed by atoms with Gasteiger partial charge in [0.2, 0.25) is 17.6 Å². The Kier molecular flexibility index (Phi) is 5.45. The minimum absolute atomic E-state index is 0.127. The summed E-state index contributed by atoms with van der Waals surface area (Å²) in [7, 11) is -2.41. The zero-order chi connectivity index (χ0) is 20.3. The molecule has 2 heterocycles. The van der Waals surface area contributed by atoms with Crippen LogP contribution in [0.2, 0.25) is 0 Å². The summed E-state index contributed by atoms with van der Waals surface area (Å²) in [6.45, 7) is 2.92. The Bertz CT molecular complexity index is 1090. The first-order valence-corrected chi connectivity index (χ1v) is 9.93. The van der Waals surface area contributed by atoms with E-state index in [0.29, 0.717) is 17.1 Å². The zero-order valence-corrected chi connectivity index (χ0v) is 16.2. The quantitative estimate of drug-likeness (QED) is 0.624. The van der Waals surface area contributed by atoms with E-state index in [1.165, 1.54) is 20.1 Å². The fraction of sp³-hybridized carbons (Fsp3) is 0.294. The van der Waals surface area contributed by atoms with Gasteiger partial charge in [-0.15, -0.1) is 0 Å². The number of anilines is 1. The molecule has 0 spiro atoms. The maximum Gasteiger partial charge on any atom is 0.243 e. The molecule has 0 fully saturated rings. The number of sulfone groups is 1. The molecule has 10 nitrogen and oxygen atoms in total. The van der Waals surface area contributed by atoms with E-state index < -0.39 is 26.7 Å². The molecular weight excluding hydrogens is 388 g/mol. The Labute approximate surface area is 160 Å². The first-order valence-electron chi connectivity index (χ1n) is 8.22. The van der Waals surface area contributed by atoms with Gasteiger partial charge in [0.15, 0.2) is 15.7 Å². The average Bonchev–Trinajstić information content (AvgIpc) is 3.29. The van der Waals surface area contributed by atoms with Crippen molar-refractivity contribution in [2.24, 2.45) is 0 Å². The van der Waals surface area contributed by atoms with Gasteiger partial charge in [0.1, 0.15) is 22.5 Å². The maximum absolute atomic E-state index is 12.5. The van der Waals surface area contributed by atoms with Crippen LogP contribution in [-0.4, -0.2) is 42.0 Å². The van der Waals surface area contributed by atoms with Gasteiger partial charge < -0.3 is 19.1 Å². The predicted molar refractivity (Wildman–Crippen MR) is 98.2 cm³/mol. The van der Waals surface area contributed by atoms with Crippen molar-refractivity contribution in [3.05, 3.63) is 42.0 Å². The maximum atomic E-state index is 12.5. The topological polar surface area (TPSA) is 137 Å². The summed E-state index contributed by atoms with van der Waals surface area (Å²) in [6.07, 6.45) is 0. The highest BCUT2D eigenvalue weighted by Crippen LogP contribution is 2.27. The highest BCUT2D eigenvalue weighted by atomic mass is 32.2. The van der Waals surface area contributed by atoms with Crippen LogP contribution in [0.15, 0.2) is 39.4 Å². The van der Waals surface area contributed by atoms with E-state index in [1.807, 2.05) is 0 Å². The van der Waals surface area contributed by atoms with Gasteiger partial charge in [-0.25, -0.2) is 8.42 Å². The lowest BCUT2D eigenvalue weighted by atomic mass is 10.2. The Morgan fingerprint density at radius 1 is 1.25 bits per heavy atom. The lowest BCUT2D eigenvalue weighted by molar-refractivity contribution is -0.115. The van der Waals surface area contributed by atoms with Crippen LogP contribution in [0.1, 0.15) is 18.6 Å². The third-order valence-electron chi connectivity index (χ3n) is 3.93. The highest BCUT2D eigenvalue weighted by Gasteiger charge is 2.31. The molecule has 0 saturated heterocycles. The molecule has 0 radical (unpaired) electrons. The SMILES string of the molecule is COc1ccccc1-c1noc(CS(=O)(=O)C(C)C(=O)Nc2cc(C)on2)n1. The van der Waals surface area contributed by atoms with Crippen LogP contribution >= 0.6 is 0 Å². The van der Waals surface area contributed by atoms with Gasteiger partial charge in [-0.3, -0.25) is 4.79 Å². The number of nitrogens with one attached hydrogen (secondary N) is 1. The first kappa shape index (κ1) is 19.5. The predicted octanol–water partition coefficient (Wildman–Crippen LogP) is 1.98. The molecule has 3 rings (SSSR count). The third-order valence-corrected chi connectivity index (χ3v) is 5.87. The number of carbonyl (C=O) groups is 1. The lowest BCUT2D eigenvalue weighted by Gasteiger charge is -2.10. The summed E-state index contributed by atoms with van der Waals surface area (Å²) in [6, 6.07) is 8.47. The zero-order valence-electron chi connectivity index (χ0n) is 15.4. The highest BCUT2D eigenvalue weighted by molar-refractivity contribution is 7.92. The normalized spacial score (nSPS) is 12.5. The minimum atomic E-state index is -3.91. The molecule has 11 heteroatoms. The molecule has 1 aromatic carbocycles. The summed E-state index contributed by atoms with van der Waals surface area (Å²) in [5.74, 6) is -0.107. The van der Waals surface area contributed by atoms with E-state index in [-0.39, 0.29) is 17.5 Å². The van der Waals surface area contributed by atoms with Crippen molar-refractivity contribution in [3.63, 3.8) is 0 Å². The van der Waals surface area contributed by atoms with Gasteiger partial charge in [0.05, 0.1) is 12.7 Å². The average molecular weight is 406 g/mol. The van der Waals surface area contributed by atoms with Crippen molar-refractivity contribution in [2.45, 2.75) is 24.9 Å². The summed E-state index contributed by atoms with van der Waals surface area (Å²) in [5.41, 5.74) is 0.560. The largest absolute Gasteiger partial charge is 0.496 e. The number of carbonyl (C=O) groups excluding carboxylic acids is 1. The van der Waals surface area contributed by atoms with Crippen molar-refractivity contribution < 1.29 is 27.0 Å². The summed E-state index contributed by atoms with van der Waals surface area (Å²) in [5, 5.41) is 8.44. The van der Waals surface area contributed by atoms with E-state index in [0.717, 1.165) is 0 Å². The van der Waals surface area contributed by atoms with E-state index in [9.17, 15) is 13.2 Å². The minimum Gasteiger partial charge on any atom is -0.496 e. The van der Waals surface area contributed by atoms with Crippen LogP contribution < -0.4 is 10.1 Å². The number of nitrogens with zero attached hydrogens (tertiary/aromatic N) is 3. The molecule has 1 amide bonds. The van der Waals surface area contributed by atoms with Crippen molar-refractivity contribution in [1.82, 2.24) is 15.3 Å². The fourth-order valence-corrected chi connectivity index (χ4v) is 3.46. The Morgan fingerprint density at radius 2 is 2.00 bits per heavy atom. The second-order valence-corrected chi connectivity index (χ2v) is 8.29. The number of amides is 1. The number of aromatic nitrogens is 3. The molecular formula is C17H18N4O6S. The molecule has 2 aromatic heterocycles. The second-order valence-electron chi connectivity index (χ2n) is 5.97. The molecule has 0 aliphatic carbocycles. The number of ether oxygens (including phenoxy) is 1. The van der Waals surface area contributed by atoms with Gasteiger partial charge >= 0.3 is 0 Å². The number of para-hydroxylation sites is 1. The molecule has 0 bridgehead atoms. The van der Waals surface area contributed by atoms with Crippen molar-refractivity contribution in [2.75, 3.05) is 12.4 Å². The van der Waals surface area contributed by atoms with Gasteiger partial charge in [-0.2, -0.15) is 4.98 Å². The standard InChI is InChI=1S/C17H18N4O6S/c1-10-8-14(20-26-10)18-17(22)11(2)28(23,24)9-15-19-16(21-27-15)12-6-4-5-7-13(12)25-3/h4-8,11H,9H2,1-3H3,(H,18,20,22). The van der Waals surface area contributed by atoms with Crippen molar-refractivity contribution in [1.29, 1.82) is 0 Å². The number of benzene rings is 1. The van der Waals surface area contributed by atoms with E-state index in [4.69, 9.17) is 13.8 Å². The fourth-order valence-electron chi connectivity index (χ4n) is 2.37. The van der Waals surface area contributed by atoms with Crippen LogP contribution in [0, 0.1) is 6.92 Å². The van der Waals surface area contributed by atoms with E-state index in [2.05, 4.69) is 20.6 Å². The van der Waals surface area contributed by atoms with Crippen LogP contribution in [0.4, 0.5) is 5.82 Å². The van der Waals surface area contributed by atoms with E-state index in [1.54, 1.807) is 31.2 Å². The number of aryl methyl sites for hydroxylation is 1. The first-order chi connectivity index (χ1) is 13.3. The second kappa shape index (κ2) is 7.80. The Hall–Kier alpha value is -3.21. The molecule has 3 aromatic rings. The van der Waals surface area contributed by atoms with Gasteiger partial charge in [-0.05, 0) is 26.0 Å².